The first-order chi connectivity index (χ1) is 18.9. The lowest BCUT2D eigenvalue weighted by atomic mass is 9.94. The molecule has 11 heteroatoms. The lowest BCUT2D eigenvalue weighted by molar-refractivity contribution is -0.125. The van der Waals surface area contributed by atoms with E-state index in [2.05, 4.69) is 49.6 Å². The van der Waals surface area contributed by atoms with E-state index in [0.717, 1.165) is 38.8 Å². The van der Waals surface area contributed by atoms with Crippen molar-refractivity contribution in [3.63, 3.8) is 0 Å². The number of aliphatic hydroxyl groups excluding tert-OH is 1. The van der Waals surface area contributed by atoms with Crippen LogP contribution in [0.3, 0.4) is 0 Å². The van der Waals surface area contributed by atoms with Crippen LogP contribution in [0.5, 0.6) is 0 Å². The van der Waals surface area contributed by atoms with Gasteiger partial charge in [-0.1, -0.05) is 29.4 Å². The van der Waals surface area contributed by atoms with Crippen LogP contribution in [-0.2, 0) is 22.6 Å². The second kappa shape index (κ2) is 12.1. The first-order valence-corrected chi connectivity index (χ1v) is 13.7. The minimum Gasteiger partial charge on any atom is -0.399 e. The van der Waals surface area contributed by atoms with Crippen LogP contribution in [0.15, 0.2) is 41.8 Å². The minimum atomic E-state index is -0.613. The topological polar surface area (TPSA) is 123 Å². The molecule has 2 N–H and O–H groups in total. The maximum absolute atomic E-state index is 13.3. The van der Waals surface area contributed by atoms with Gasteiger partial charge in [0.05, 0.1) is 6.10 Å². The van der Waals surface area contributed by atoms with E-state index in [-0.39, 0.29) is 30.4 Å². The highest BCUT2D eigenvalue weighted by Crippen LogP contribution is 2.26. The summed E-state index contributed by atoms with van der Waals surface area (Å²) in [5.74, 6) is 0.259. The maximum Gasteiger partial charge on any atom is 0.272 e. The molecular formula is C28H37N7O4. The molecule has 39 heavy (non-hydrogen) atoms. The number of piperidine rings is 2. The lowest BCUT2D eigenvalue weighted by Crippen LogP contribution is -2.56. The standard InChI is InChI=1S/C28H37N7O4/c1-19(32-39-2)27(37)33-12-8-22(9-13-33)31-26-15-23(29-18-30-26)28(38)35-14-10-24(25(36)17-35)34-11-7-20-5-3-4-6-21(20)16-34/h3-6,15,18,22,24-25,36H,7-14,16-17H2,1-2H3,(H,29,30,31)/b32-19+/t24-,25-/m1/s1. The highest BCUT2D eigenvalue weighted by molar-refractivity contribution is 6.37. The number of fused-ring (bicyclic) bond motifs is 1. The molecule has 2 fully saturated rings. The van der Waals surface area contributed by atoms with Gasteiger partial charge in [-0.25, -0.2) is 9.97 Å². The molecule has 4 heterocycles. The quantitative estimate of drug-likeness (QED) is 0.422. The molecule has 1 aromatic heterocycles. The van der Waals surface area contributed by atoms with Gasteiger partial charge in [0.2, 0.25) is 0 Å². The Kier molecular flexibility index (Phi) is 8.37. The Hall–Kier alpha value is -3.57. The number of nitrogens with zero attached hydrogens (tertiary/aromatic N) is 6. The monoisotopic (exact) mass is 535 g/mol. The van der Waals surface area contributed by atoms with Crippen LogP contribution in [-0.4, -0.2) is 105 Å². The van der Waals surface area contributed by atoms with Gasteiger partial charge in [-0.2, -0.15) is 0 Å². The number of carbonyl (C=O) groups excluding carboxylic acids is 2. The van der Waals surface area contributed by atoms with Crippen LogP contribution < -0.4 is 5.32 Å². The molecule has 1 aromatic carbocycles. The third kappa shape index (κ3) is 6.20. The number of oxime groups is 1. The predicted octanol–water partition coefficient (Wildman–Crippen LogP) is 1.54. The summed E-state index contributed by atoms with van der Waals surface area (Å²) in [7, 11) is 1.42. The summed E-state index contributed by atoms with van der Waals surface area (Å²) in [5, 5.41) is 18.1. The van der Waals surface area contributed by atoms with Crippen molar-refractivity contribution in [1.82, 2.24) is 24.7 Å². The third-order valence-corrected chi connectivity index (χ3v) is 8.02. The number of nitrogens with one attached hydrogen (secondary N) is 1. The molecule has 5 rings (SSSR count). The number of carbonyl (C=O) groups is 2. The van der Waals surface area contributed by atoms with E-state index in [1.54, 1.807) is 22.8 Å². The van der Waals surface area contributed by atoms with E-state index >= 15 is 0 Å². The number of rotatable bonds is 6. The summed E-state index contributed by atoms with van der Waals surface area (Å²) < 4.78 is 0. The maximum atomic E-state index is 13.3. The van der Waals surface area contributed by atoms with E-state index in [0.29, 0.717) is 36.9 Å². The van der Waals surface area contributed by atoms with Crippen LogP contribution in [0, 0.1) is 0 Å². The van der Waals surface area contributed by atoms with Crippen molar-refractivity contribution >= 4 is 23.3 Å². The van der Waals surface area contributed by atoms with Crippen LogP contribution in [0.1, 0.15) is 47.8 Å². The molecule has 2 saturated heterocycles. The van der Waals surface area contributed by atoms with E-state index in [4.69, 9.17) is 4.84 Å². The molecule has 2 aromatic rings. The highest BCUT2D eigenvalue weighted by atomic mass is 16.6. The number of aliphatic hydroxyl groups is 1. The van der Waals surface area contributed by atoms with E-state index in [9.17, 15) is 14.7 Å². The fraction of sp³-hybridized carbons (Fsp3) is 0.536. The zero-order chi connectivity index (χ0) is 27.4. The van der Waals surface area contributed by atoms with Crippen molar-refractivity contribution in [1.29, 1.82) is 0 Å². The molecule has 208 valence electrons. The SMILES string of the molecule is CO/N=C(\C)C(=O)N1CCC(Nc2cc(C(=O)N3CC[C@@H](N4CCc5ccccc5C4)[C@H](O)C3)ncn2)CC1. The van der Waals surface area contributed by atoms with Gasteiger partial charge in [0.15, 0.2) is 0 Å². The number of hydrogen-bond donors (Lipinski definition) is 2. The number of likely N-dealkylation sites (tertiary alicyclic amines) is 2. The predicted molar refractivity (Wildman–Crippen MR) is 146 cm³/mol. The van der Waals surface area contributed by atoms with Gasteiger partial charge in [0.1, 0.15) is 30.7 Å². The fourth-order valence-electron chi connectivity index (χ4n) is 5.89. The van der Waals surface area contributed by atoms with Gasteiger partial charge in [-0.05, 0) is 43.7 Å². The molecule has 3 aliphatic rings. The van der Waals surface area contributed by atoms with Crippen molar-refractivity contribution in [2.45, 2.75) is 57.3 Å². The molecule has 3 aliphatic heterocycles. The summed E-state index contributed by atoms with van der Waals surface area (Å²) >= 11 is 0. The molecule has 2 amide bonds. The summed E-state index contributed by atoms with van der Waals surface area (Å²) in [5.41, 5.74) is 3.35. The van der Waals surface area contributed by atoms with Crippen molar-refractivity contribution < 1.29 is 19.5 Å². The van der Waals surface area contributed by atoms with Crippen LogP contribution in [0.2, 0.25) is 0 Å². The first-order valence-electron chi connectivity index (χ1n) is 13.7. The van der Waals surface area contributed by atoms with Gasteiger partial charge >= 0.3 is 0 Å². The number of β-amino-alcohol motifs (C(OH)–C–C–N with tert-alkyl or cyclic N) is 1. The molecular weight excluding hydrogens is 498 g/mol. The van der Waals surface area contributed by atoms with Crippen LogP contribution in [0.4, 0.5) is 5.82 Å². The smallest absolute Gasteiger partial charge is 0.272 e. The second-order valence-corrected chi connectivity index (χ2v) is 10.5. The summed E-state index contributed by atoms with van der Waals surface area (Å²) in [6.45, 7) is 5.44. The largest absolute Gasteiger partial charge is 0.399 e. The van der Waals surface area contributed by atoms with Crippen LogP contribution in [0.25, 0.3) is 0 Å². The van der Waals surface area contributed by atoms with Gasteiger partial charge in [-0.3, -0.25) is 14.5 Å². The first kappa shape index (κ1) is 27.0. The van der Waals surface area contributed by atoms with E-state index < -0.39 is 6.10 Å². The number of amides is 2. The fourth-order valence-corrected chi connectivity index (χ4v) is 5.89. The van der Waals surface area contributed by atoms with Crippen molar-refractivity contribution in [3.05, 3.63) is 53.5 Å². The molecule has 0 bridgehead atoms. The average molecular weight is 536 g/mol. The van der Waals surface area contributed by atoms with Gasteiger partial charge in [-0.15, -0.1) is 0 Å². The van der Waals surface area contributed by atoms with E-state index in [1.165, 1.54) is 24.6 Å². The van der Waals surface area contributed by atoms with Crippen molar-refractivity contribution in [2.75, 3.05) is 45.2 Å². The molecule has 0 radical (unpaired) electrons. The average Bonchev–Trinajstić information content (AvgIpc) is 2.97. The minimum absolute atomic E-state index is 0.0346. The molecule has 0 spiro atoms. The molecule has 2 atom stereocenters. The van der Waals surface area contributed by atoms with Gasteiger partial charge in [0, 0.05) is 57.4 Å². The molecule has 11 nitrogen and oxygen atoms in total. The highest BCUT2D eigenvalue weighted by Gasteiger charge is 2.36. The third-order valence-electron chi connectivity index (χ3n) is 8.02. The number of hydrogen-bond acceptors (Lipinski definition) is 9. The zero-order valence-electron chi connectivity index (χ0n) is 22.6. The summed E-state index contributed by atoms with van der Waals surface area (Å²) in [6.07, 6.45) is 3.98. The Bertz CT molecular complexity index is 1210. The number of aromatic nitrogens is 2. The lowest BCUT2D eigenvalue weighted by Gasteiger charge is -2.43. The van der Waals surface area contributed by atoms with E-state index in [1.807, 2.05) is 0 Å². The molecule has 0 unspecified atom stereocenters. The Morgan fingerprint density at radius 3 is 2.54 bits per heavy atom. The van der Waals surface area contributed by atoms with Crippen molar-refractivity contribution in [3.8, 4) is 0 Å². The summed E-state index contributed by atoms with van der Waals surface area (Å²) in [6, 6.07) is 10.3. The Balaban J connectivity index is 1.14. The second-order valence-electron chi connectivity index (χ2n) is 10.5. The van der Waals surface area contributed by atoms with Crippen LogP contribution >= 0.6 is 0 Å². The number of benzene rings is 1. The molecule has 0 saturated carbocycles. The number of anilines is 1. The van der Waals surface area contributed by atoms with Gasteiger partial charge in [0.25, 0.3) is 11.8 Å². The normalized spacial score (nSPS) is 22.8. The molecule has 0 aliphatic carbocycles. The Morgan fingerprint density at radius 1 is 1.05 bits per heavy atom. The van der Waals surface area contributed by atoms with Gasteiger partial charge < -0.3 is 25.1 Å². The zero-order valence-corrected chi connectivity index (χ0v) is 22.6. The van der Waals surface area contributed by atoms with Crippen molar-refractivity contribution in [2.24, 2.45) is 5.16 Å². The Labute approximate surface area is 228 Å². The Morgan fingerprint density at radius 2 is 1.79 bits per heavy atom. The summed E-state index contributed by atoms with van der Waals surface area (Å²) in [4.78, 5) is 44.8.